The highest BCUT2D eigenvalue weighted by molar-refractivity contribution is 5.92. The summed E-state index contributed by atoms with van der Waals surface area (Å²) >= 11 is 0. The van der Waals surface area contributed by atoms with E-state index in [2.05, 4.69) is 10.6 Å². The molecular weight excluding hydrogens is 412 g/mol. The lowest BCUT2D eigenvalue weighted by molar-refractivity contribution is -0.141. The topological polar surface area (TPSA) is 108 Å². The molecule has 1 aliphatic heterocycles. The zero-order valence-corrected chi connectivity index (χ0v) is 19.3. The smallest absolute Gasteiger partial charge is 0.245 e. The Balaban J connectivity index is 2.22. The number of nitrogens with one attached hydrogen (secondary N) is 2. The van der Waals surface area contributed by atoms with Crippen molar-refractivity contribution in [3.8, 4) is 5.75 Å². The van der Waals surface area contributed by atoms with Crippen LogP contribution < -0.4 is 15.4 Å². The fraction of sp³-hybridized carbons (Fsp3) is 0.565. The SMILES string of the molecule is COc1ccc(C[C@@H]2NC(=O)CCCN(C(C)=O)CCCNC(=O)[C@H](C)N(C)C2=O)cc1. The van der Waals surface area contributed by atoms with Crippen LogP contribution in [0.15, 0.2) is 24.3 Å². The van der Waals surface area contributed by atoms with Gasteiger partial charge >= 0.3 is 0 Å². The fourth-order valence-electron chi connectivity index (χ4n) is 3.56. The second-order valence-corrected chi connectivity index (χ2v) is 8.05. The molecule has 0 unspecified atom stereocenters. The molecule has 2 atom stereocenters. The van der Waals surface area contributed by atoms with Gasteiger partial charge in [0.2, 0.25) is 23.6 Å². The van der Waals surface area contributed by atoms with Crippen molar-refractivity contribution < 1.29 is 23.9 Å². The molecule has 0 bridgehead atoms. The fourth-order valence-corrected chi connectivity index (χ4v) is 3.56. The Bertz CT molecular complexity index is 811. The lowest BCUT2D eigenvalue weighted by Crippen LogP contribution is -2.54. The van der Waals surface area contributed by atoms with Crippen molar-refractivity contribution in [2.24, 2.45) is 0 Å². The molecule has 32 heavy (non-hydrogen) atoms. The van der Waals surface area contributed by atoms with E-state index in [-0.39, 0.29) is 36.5 Å². The van der Waals surface area contributed by atoms with Crippen LogP contribution in [-0.4, -0.2) is 79.3 Å². The molecule has 4 amide bonds. The van der Waals surface area contributed by atoms with Crippen LogP contribution in [0.25, 0.3) is 0 Å². The molecule has 1 heterocycles. The third-order valence-electron chi connectivity index (χ3n) is 5.72. The molecule has 0 spiro atoms. The Morgan fingerprint density at radius 3 is 2.41 bits per heavy atom. The molecule has 1 fully saturated rings. The Hall–Kier alpha value is -3.10. The predicted octanol–water partition coefficient (Wildman–Crippen LogP) is 0.718. The number of likely N-dealkylation sites (N-methyl/N-ethyl adjacent to an activating group) is 1. The standard InChI is InChI=1S/C23H34N4O5/c1-16-22(30)24-12-6-14-27(17(2)28)13-5-7-21(29)25-20(23(31)26(16)3)15-18-8-10-19(32-4)11-9-18/h8-11,16,20H,5-7,12-15H2,1-4H3,(H,24,30)(H,25,29)/t16-,20-/m0/s1. The van der Waals surface area contributed by atoms with Crippen molar-refractivity contribution in [2.45, 2.75) is 51.6 Å². The van der Waals surface area contributed by atoms with Crippen molar-refractivity contribution in [2.75, 3.05) is 33.8 Å². The van der Waals surface area contributed by atoms with Gasteiger partial charge in [-0.15, -0.1) is 0 Å². The molecule has 9 nitrogen and oxygen atoms in total. The van der Waals surface area contributed by atoms with Crippen LogP contribution in [0, 0.1) is 0 Å². The molecule has 1 saturated heterocycles. The van der Waals surface area contributed by atoms with Gasteiger partial charge in [0.05, 0.1) is 7.11 Å². The molecule has 1 aliphatic rings. The quantitative estimate of drug-likeness (QED) is 0.711. The molecule has 2 rings (SSSR count). The lowest BCUT2D eigenvalue weighted by Gasteiger charge is -2.29. The number of hydrogen-bond acceptors (Lipinski definition) is 5. The minimum absolute atomic E-state index is 0.0679. The Morgan fingerprint density at radius 1 is 1.12 bits per heavy atom. The van der Waals surface area contributed by atoms with E-state index in [9.17, 15) is 19.2 Å². The van der Waals surface area contributed by atoms with Crippen molar-refractivity contribution in [3.63, 3.8) is 0 Å². The zero-order chi connectivity index (χ0) is 23.7. The average Bonchev–Trinajstić information content (AvgIpc) is 2.78. The number of methoxy groups -OCH3 is 1. The number of amides is 4. The van der Waals surface area contributed by atoms with Gasteiger partial charge in [0.25, 0.3) is 0 Å². The number of carbonyl (C=O) groups is 4. The van der Waals surface area contributed by atoms with E-state index in [1.165, 1.54) is 11.8 Å². The Kier molecular flexibility index (Phi) is 9.49. The minimum atomic E-state index is -0.815. The molecule has 1 aromatic carbocycles. The summed E-state index contributed by atoms with van der Waals surface area (Å²) in [5.41, 5.74) is 0.857. The lowest BCUT2D eigenvalue weighted by atomic mass is 10.0. The van der Waals surface area contributed by atoms with Crippen LogP contribution >= 0.6 is 0 Å². The van der Waals surface area contributed by atoms with Crippen LogP contribution in [0.1, 0.15) is 38.7 Å². The summed E-state index contributed by atoms with van der Waals surface area (Å²) in [6.07, 6.45) is 1.58. The number of rotatable bonds is 3. The maximum atomic E-state index is 13.2. The van der Waals surface area contributed by atoms with E-state index in [0.29, 0.717) is 38.2 Å². The highest BCUT2D eigenvalue weighted by Crippen LogP contribution is 2.14. The van der Waals surface area contributed by atoms with Gasteiger partial charge in [-0.3, -0.25) is 19.2 Å². The Labute approximate surface area is 189 Å². The molecule has 0 radical (unpaired) electrons. The first kappa shape index (κ1) is 25.2. The summed E-state index contributed by atoms with van der Waals surface area (Å²) in [6, 6.07) is 5.76. The van der Waals surface area contributed by atoms with E-state index >= 15 is 0 Å². The number of benzene rings is 1. The average molecular weight is 447 g/mol. The number of hydrogen-bond donors (Lipinski definition) is 2. The van der Waals surface area contributed by atoms with Gasteiger partial charge in [0.1, 0.15) is 17.8 Å². The van der Waals surface area contributed by atoms with Crippen LogP contribution in [0.5, 0.6) is 5.75 Å². The zero-order valence-electron chi connectivity index (χ0n) is 19.3. The third-order valence-corrected chi connectivity index (χ3v) is 5.72. The molecule has 0 aliphatic carbocycles. The van der Waals surface area contributed by atoms with Crippen molar-refractivity contribution in [3.05, 3.63) is 29.8 Å². The number of ether oxygens (including phenoxy) is 1. The number of nitrogens with zero attached hydrogens (tertiary/aromatic N) is 2. The van der Waals surface area contributed by atoms with Gasteiger partial charge in [0.15, 0.2) is 0 Å². The highest BCUT2D eigenvalue weighted by atomic mass is 16.5. The number of carbonyl (C=O) groups excluding carboxylic acids is 4. The van der Waals surface area contributed by atoms with E-state index in [4.69, 9.17) is 4.74 Å². The second-order valence-electron chi connectivity index (χ2n) is 8.05. The summed E-state index contributed by atoms with van der Waals surface area (Å²) in [5.74, 6) is -0.247. The van der Waals surface area contributed by atoms with Gasteiger partial charge in [-0.2, -0.15) is 0 Å². The first-order valence-corrected chi connectivity index (χ1v) is 10.9. The van der Waals surface area contributed by atoms with Gasteiger partial charge in [-0.1, -0.05) is 12.1 Å². The molecule has 9 heteroatoms. The van der Waals surface area contributed by atoms with E-state index in [0.717, 1.165) is 5.56 Å². The molecule has 0 aromatic heterocycles. The van der Waals surface area contributed by atoms with Gasteiger partial charge in [-0.25, -0.2) is 0 Å². The first-order chi connectivity index (χ1) is 15.2. The summed E-state index contributed by atoms with van der Waals surface area (Å²) in [4.78, 5) is 53.3. The highest BCUT2D eigenvalue weighted by Gasteiger charge is 2.30. The summed E-state index contributed by atoms with van der Waals surface area (Å²) < 4.78 is 5.17. The molecule has 2 N–H and O–H groups in total. The molecule has 1 aromatic rings. The summed E-state index contributed by atoms with van der Waals surface area (Å²) in [7, 11) is 3.14. The van der Waals surface area contributed by atoms with E-state index in [1.807, 2.05) is 12.1 Å². The largest absolute Gasteiger partial charge is 0.497 e. The van der Waals surface area contributed by atoms with Crippen LogP contribution in [0.3, 0.4) is 0 Å². The van der Waals surface area contributed by atoms with Crippen molar-refractivity contribution >= 4 is 23.6 Å². The minimum Gasteiger partial charge on any atom is -0.497 e. The van der Waals surface area contributed by atoms with Crippen molar-refractivity contribution in [1.82, 2.24) is 20.4 Å². The summed E-state index contributed by atoms with van der Waals surface area (Å²) in [5, 5.41) is 5.65. The van der Waals surface area contributed by atoms with Crippen LogP contribution in [0.2, 0.25) is 0 Å². The van der Waals surface area contributed by atoms with Crippen molar-refractivity contribution in [1.29, 1.82) is 0 Å². The van der Waals surface area contributed by atoms with E-state index in [1.54, 1.807) is 38.1 Å². The van der Waals surface area contributed by atoms with Gasteiger partial charge in [-0.05, 0) is 37.5 Å². The van der Waals surface area contributed by atoms with Crippen LogP contribution in [0.4, 0.5) is 0 Å². The molecule has 0 saturated carbocycles. The van der Waals surface area contributed by atoms with E-state index < -0.39 is 12.1 Å². The van der Waals surface area contributed by atoms with Gasteiger partial charge < -0.3 is 25.2 Å². The third kappa shape index (κ3) is 7.25. The van der Waals surface area contributed by atoms with Crippen LogP contribution in [-0.2, 0) is 25.6 Å². The molecule has 176 valence electrons. The summed E-state index contributed by atoms with van der Waals surface area (Å²) in [6.45, 7) is 4.50. The normalized spacial score (nSPS) is 21.8. The monoisotopic (exact) mass is 446 g/mol. The Morgan fingerprint density at radius 2 is 1.78 bits per heavy atom. The second kappa shape index (κ2) is 12.1. The predicted molar refractivity (Wildman–Crippen MR) is 120 cm³/mol. The first-order valence-electron chi connectivity index (χ1n) is 10.9. The van der Waals surface area contributed by atoms with Gasteiger partial charge in [0, 0.05) is 46.4 Å². The maximum Gasteiger partial charge on any atom is 0.245 e. The molecular formula is C23H34N4O5. The maximum absolute atomic E-state index is 13.2.